The largest absolute Gasteiger partial charge is 0.481 e. The topological polar surface area (TPSA) is 37.3 Å². The second-order valence-corrected chi connectivity index (χ2v) is 5.08. The Labute approximate surface area is 76.2 Å². The first-order valence-electron chi connectivity index (χ1n) is 3.64. The number of aliphatic carboxylic acids is 1. The maximum Gasteiger partial charge on any atom is 0.304 e. The zero-order valence-corrected chi connectivity index (χ0v) is 7.96. The van der Waals surface area contributed by atoms with Crippen molar-refractivity contribution in [3.05, 3.63) is 0 Å². The SMILES string of the molecule is O=C(O)CC1(S)CCSCC1. The van der Waals surface area contributed by atoms with E-state index < -0.39 is 5.97 Å². The smallest absolute Gasteiger partial charge is 0.304 e. The molecule has 1 fully saturated rings. The second-order valence-electron chi connectivity index (χ2n) is 2.91. The van der Waals surface area contributed by atoms with E-state index >= 15 is 0 Å². The Morgan fingerprint density at radius 2 is 2.09 bits per heavy atom. The van der Waals surface area contributed by atoms with Gasteiger partial charge in [-0.1, -0.05) is 0 Å². The molecule has 1 N–H and O–H groups in total. The quantitative estimate of drug-likeness (QED) is 0.653. The van der Waals surface area contributed by atoms with E-state index in [-0.39, 0.29) is 11.2 Å². The summed E-state index contributed by atoms with van der Waals surface area (Å²) in [6, 6.07) is 0. The molecule has 11 heavy (non-hydrogen) atoms. The molecule has 1 rings (SSSR count). The molecule has 64 valence electrons. The third kappa shape index (κ3) is 2.95. The van der Waals surface area contributed by atoms with Crippen molar-refractivity contribution in [2.24, 2.45) is 0 Å². The van der Waals surface area contributed by atoms with Crippen molar-refractivity contribution in [1.82, 2.24) is 0 Å². The molecular weight excluding hydrogens is 180 g/mol. The molecule has 0 radical (unpaired) electrons. The molecule has 0 spiro atoms. The second kappa shape index (κ2) is 3.72. The van der Waals surface area contributed by atoms with E-state index in [9.17, 15) is 4.79 Å². The summed E-state index contributed by atoms with van der Waals surface area (Å²) in [5.74, 6) is 1.37. The van der Waals surface area contributed by atoms with Crippen LogP contribution in [0.1, 0.15) is 19.3 Å². The van der Waals surface area contributed by atoms with Gasteiger partial charge in [-0.25, -0.2) is 0 Å². The van der Waals surface area contributed by atoms with Crippen LogP contribution in [0.3, 0.4) is 0 Å². The van der Waals surface area contributed by atoms with Crippen molar-refractivity contribution in [3.8, 4) is 0 Å². The van der Waals surface area contributed by atoms with E-state index in [1.54, 1.807) is 0 Å². The fourth-order valence-corrected chi connectivity index (χ4v) is 3.15. The van der Waals surface area contributed by atoms with Gasteiger partial charge in [0, 0.05) is 4.75 Å². The van der Waals surface area contributed by atoms with Crippen molar-refractivity contribution in [2.75, 3.05) is 11.5 Å². The molecule has 2 nitrogen and oxygen atoms in total. The minimum Gasteiger partial charge on any atom is -0.481 e. The van der Waals surface area contributed by atoms with Gasteiger partial charge in [-0.15, -0.1) is 0 Å². The van der Waals surface area contributed by atoms with Gasteiger partial charge in [0.1, 0.15) is 0 Å². The Hall–Kier alpha value is 0.170. The van der Waals surface area contributed by atoms with Crippen molar-refractivity contribution in [1.29, 1.82) is 0 Å². The molecule has 1 heterocycles. The standard InChI is InChI=1S/C7H12O2S2/c8-6(9)5-7(10)1-3-11-4-2-7/h10H,1-5H2,(H,8,9). The molecule has 4 heteroatoms. The van der Waals surface area contributed by atoms with Crippen LogP contribution in [0.5, 0.6) is 0 Å². The lowest BCUT2D eigenvalue weighted by atomic mass is 9.98. The highest BCUT2D eigenvalue weighted by Crippen LogP contribution is 2.35. The zero-order valence-electron chi connectivity index (χ0n) is 6.25. The maximum atomic E-state index is 10.4. The van der Waals surface area contributed by atoms with Gasteiger partial charge in [0.05, 0.1) is 6.42 Å². The summed E-state index contributed by atoms with van der Waals surface area (Å²) in [6.07, 6.45) is 2.05. The van der Waals surface area contributed by atoms with Gasteiger partial charge in [-0.3, -0.25) is 4.79 Å². The van der Waals surface area contributed by atoms with Crippen LogP contribution in [0, 0.1) is 0 Å². The number of carbonyl (C=O) groups is 1. The summed E-state index contributed by atoms with van der Waals surface area (Å²) < 4.78 is -0.225. The van der Waals surface area contributed by atoms with Crippen LogP contribution in [0.15, 0.2) is 0 Å². The number of thioether (sulfide) groups is 1. The van der Waals surface area contributed by atoms with Crippen LogP contribution in [0.2, 0.25) is 0 Å². The number of hydrogen-bond donors (Lipinski definition) is 2. The van der Waals surface area contributed by atoms with Crippen LogP contribution in [0.4, 0.5) is 0 Å². The van der Waals surface area contributed by atoms with Gasteiger partial charge in [-0.05, 0) is 24.3 Å². The van der Waals surface area contributed by atoms with Crippen LogP contribution in [0.25, 0.3) is 0 Å². The predicted molar refractivity (Wildman–Crippen MR) is 50.5 cm³/mol. The lowest BCUT2D eigenvalue weighted by Crippen LogP contribution is -2.30. The van der Waals surface area contributed by atoms with Gasteiger partial charge >= 0.3 is 5.97 Å². The van der Waals surface area contributed by atoms with Gasteiger partial charge < -0.3 is 5.11 Å². The monoisotopic (exact) mass is 192 g/mol. The average molecular weight is 192 g/mol. The Morgan fingerprint density at radius 1 is 1.55 bits per heavy atom. The molecule has 1 saturated heterocycles. The normalized spacial score (nSPS) is 23.0. The van der Waals surface area contributed by atoms with E-state index in [4.69, 9.17) is 5.11 Å². The lowest BCUT2D eigenvalue weighted by molar-refractivity contribution is -0.137. The Balaban J connectivity index is 2.43. The average Bonchev–Trinajstić information content (AvgIpc) is 1.85. The van der Waals surface area contributed by atoms with E-state index in [2.05, 4.69) is 12.6 Å². The summed E-state index contributed by atoms with van der Waals surface area (Å²) in [4.78, 5) is 10.4. The number of rotatable bonds is 2. The predicted octanol–water partition coefficient (Wildman–Crippen LogP) is 1.66. The van der Waals surface area contributed by atoms with Gasteiger partial charge in [-0.2, -0.15) is 24.4 Å². The molecule has 0 unspecified atom stereocenters. The van der Waals surface area contributed by atoms with Crippen LogP contribution in [-0.4, -0.2) is 27.3 Å². The van der Waals surface area contributed by atoms with Crippen LogP contribution < -0.4 is 0 Å². The minimum absolute atomic E-state index is 0.205. The van der Waals surface area contributed by atoms with Gasteiger partial charge in [0.25, 0.3) is 0 Å². The van der Waals surface area contributed by atoms with Crippen LogP contribution >= 0.6 is 24.4 Å². The lowest BCUT2D eigenvalue weighted by Gasteiger charge is -2.30. The minimum atomic E-state index is -0.730. The third-order valence-corrected chi connectivity index (χ3v) is 3.49. The molecular formula is C7H12O2S2. The Kier molecular flexibility index (Phi) is 3.13. The number of carboxylic acids is 1. The van der Waals surface area contributed by atoms with Gasteiger partial charge in [0.15, 0.2) is 0 Å². The van der Waals surface area contributed by atoms with E-state index in [1.165, 1.54) is 0 Å². The molecule has 0 aliphatic carbocycles. The number of hydrogen-bond acceptors (Lipinski definition) is 3. The Morgan fingerprint density at radius 3 is 2.55 bits per heavy atom. The molecule has 0 aromatic rings. The van der Waals surface area contributed by atoms with Crippen molar-refractivity contribution < 1.29 is 9.90 Å². The molecule has 1 aliphatic rings. The first-order valence-corrected chi connectivity index (χ1v) is 5.24. The molecule has 0 atom stereocenters. The molecule has 0 aromatic carbocycles. The van der Waals surface area contributed by atoms with Gasteiger partial charge in [0.2, 0.25) is 0 Å². The fourth-order valence-electron chi connectivity index (χ4n) is 1.21. The summed E-state index contributed by atoms with van der Waals surface area (Å²) in [7, 11) is 0. The number of thiol groups is 1. The van der Waals surface area contributed by atoms with E-state index in [0.29, 0.717) is 0 Å². The molecule has 0 saturated carbocycles. The third-order valence-electron chi connectivity index (χ3n) is 1.90. The highest BCUT2D eigenvalue weighted by atomic mass is 32.2. The molecule has 0 aromatic heterocycles. The zero-order chi connectivity index (χ0) is 8.32. The van der Waals surface area contributed by atoms with Crippen molar-refractivity contribution in [2.45, 2.75) is 24.0 Å². The molecule has 0 amide bonds. The van der Waals surface area contributed by atoms with Crippen LogP contribution in [-0.2, 0) is 4.79 Å². The maximum absolute atomic E-state index is 10.4. The Bertz CT molecular complexity index is 153. The first kappa shape index (κ1) is 9.26. The van der Waals surface area contributed by atoms with Crippen molar-refractivity contribution in [3.63, 3.8) is 0 Å². The van der Waals surface area contributed by atoms with Crippen molar-refractivity contribution >= 4 is 30.4 Å². The summed E-state index contributed by atoms with van der Waals surface area (Å²) in [6.45, 7) is 0. The highest BCUT2D eigenvalue weighted by Gasteiger charge is 2.30. The first-order chi connectivity index (χ1) is 5.12. The summed E-state index contributed by atoms with van der Waals surface area (Å²) in [5.41, 5.74) is 0. The van der Waals surface area contributed by atoms with E-state index in [0.717, 1.165) is 24.3 Å². The molecule has 1 aliphatic heterocycles. The van der Waals surface area contributed by atoms with E-state index in [1.807, 2.05) is 11.8 Å². The molecule has 0 bridgehead atoms. The highest BCUT2D eigenvalue weighted by molar-refractivity contribution is 7.99. The fraction of sp³-hybridized carbons (Fsp3) is 0.857. The summed E-state index contributed by atoms with van der Waals surface area (Å²) >= 11 is 6.28. The summed E-state index contributed by atoms with van der Waals surface area (Å²) in [5, 5.41) is 8.58. The number of carboxylic acid groups (broad SMARTS) is 1.